The molecule has 2 aromatic heterocycles. The molecule has 0 aliphatic heterocycles. The zero-order valence-corrected chi connectivity index (χ0v) is 13.6. The van der Waals surface area contributed by atoms with Crippen molar-refractivity contribution in [1.82, 2.24) is 19.6 Å². The minimum absolute atomic E-state index is 0.774. The molecular weight excluding hydrogens is 280 g/mol. The number of aromatic nitrogens is 4. The van der Waals surface area contributed by atoms with E-state index in [-0.39, 0.29) is 0 Å². The van der Waals surface area contributed by atoms with E-state index in [9.17, 15) is 0 Å². The minimum Gasteiger partial charge on any atom is -0.490 e. The summed E-state index contributed by atoms with van der Waals surface area (Å²) in [5.41, 5.74) is 0. The predicted molar refractivity (Wildman–Crippen MR) is 85.1 cm³/mol. The van der Waals surface area contributed by atoms with Gasteiger partial charge in [0.1, 0.15) is 0 Å². The molecule has 0 bridgehead atoms. The highest BCUT2D eigenvalue weighted by atomic mass is 16.5. The Morgan fingerprint density at radius 1 is 0.727 bits per heavy atom. The number of unbranched alkanes of at least 4 members (excludes halogenated alkanes) is 5. The number of hydrogen-bond donors (Lipinski definition) is 0. The number of aryl methyl sites for hydroxylation is 2. The average Bonchev–Trinajstić information content (AvgIpc) is 3.09. The Morgan fingerprint density at radius 3 is 1.50 bits per heavy atom. The van der Waals surface area contributed by atoms with E-state index in [4.69, 9.17) is 9.47 Å². The fraction of sp³-hybridized carbons (Fsp3) is 0.625. The van der Waals surface area contributed by atoms with Crippen LogP contribution in [-0.4, -0.2) is 32.8 Å². The third-order valence-corrected chi connectivity index (χ3v) is 3.44. The molecule has 0 saturated carbocycles. The molecule has 0 saturated heterocycles. The lowest BCUT2D eigenvalue weighted by Gasteiger charge is -2.04. The quantitative estimate of drug-likeness (QED) is 0.599. The summed E-state index contributed by atoms with van der Waals surface area (Å²) in [5, 5.41) is 8.14. The van der Waals surface area contributed by atoms with Crippen LogP contribution in [0.5, 0.6) is 11.5 Å². The third kappa shape index (κ3) is 6.20. The lowest BCUT2D eigenvalue weighted by molar-refractivity contribution is 0.296. The van der Waals surface area contributed by atoms with Crippen molar-refractivity contribution >= 4 is 0 Å². The Labute approximate surface area is 132 Å². The maximum Gasteiger partial charge on any atom is 0.157 e. The van der Waals surface area contributed by atoms with Crippen LogP contribution in [0.2, 0.25) is 0 Å². The van der Waals surface area contributed by atoms with Crippen LogP contribution < -0.4 is 9.47 Å². The van der Waals surface area contributed by atoms with E-state index in [1.54, 1.807) is 21.8 Å². The lowest BCUT2D eigenvalue weighted by Crippen LogP contribution is -1.98. The van der Waals surface area contributed by atoms with Crippen molar-refractivity contribution in [3.63, 3.8) is 0 Å². The highest BCUT2D eigenvalue weighted by molar-refractivity contribution is 5.11. The molecule has 2 heterocycles. The van der Waals surface area contributed by atoms with Crippen molar-refractivity contribution < 1.29 is 9.47 Å². The van der Waals surface area contributed by atoms with Gasteiger partial charge in [0.2, 0.25) is 0 Å². The van der Waals surface area contributed by atoms with E-state index in [1.807, 2.05) is 26.5 Å². The van der Waals surface area contributed by atoms with Crippen LogP contribution in [-0.2, 0) is 14.1 Å². The van der Waals surface area contributed by atoms with Gasteiger partial charge in [-0.25, -0.2) is 0 Å². The van der Waals surface area contributed by atoms with Crippen molar-refractivity contribution in [2.24, 2.45) is 14.1 Å². The number of ether oxygens (including phenoxy) is 2. The van der Waals surface area contributed by atoms with E-state index in [1.165, 1.54) is 25.7 Å². The summed E-state index contributed by atoms with van der Waals surface area (Å²) in [6.45, 7) is 1.55. The lowest BCUT2D eigenvalue weighted by atomic mass is 10.1. The van der Waals surface area contributed by atoms with Crippen LogP contribution in [0.15, 0.2) is 24.8 Å². The van der Waals surface area contributed by atoms with Gasteiger partial charge >= 0.3 is 0 Å². The van der Waals surface area contributed by atoms with Gasteiger partial charge in [0.05, 0.1) is 38.0 Å². The van der Waals surface area contributed by atoms with Crippen molar-refractivity contribution in [2.45, 2.75) is 38.5 Å². The number of rotatable bonds is 11. The van der Waals surface area contributed by atoms with Crippen LogP contribution in [0, 0.1) is 0 Å². The zero-order chi connectivity index (χ0) is 15.6. The Kier molecular flexibility index (Phi) is 6.80. The van der Waals surface area contributed by atoms with Crippen LogP contribution in [0.4, 0.5) is 0 Å². The second-order valence-corrected chi connectivity index (χ2v) is 5.52. The van der Waals surface area contributed by atoms with Gasteiger partial charge in [-0.2, -0.15) is 10.2 Å². The molecule has 0 unspecified atom stereocenters. The van der Waals surface area contributed by atoms with Crippen molar-refractivity contribution in [1.29, 1.82) is 0 Å². The summed E-state index contributed by atoms with van der Waals surface area (Å²) in [6.07, 6.45) is 14.4. The Bertz CT molecular complexity index is 487. The normalized spacial score (nSPS) is 10.8. The maximum absolute atomic E-state index is 5.61. The maximum atomic E-state index is 5.61. The monoisotopic (exact) mass is 306 g/mol. The van der Waals surface area contributed by atoms with Crippen molar-refractivity contribution in [3.8, 4) is 11.5 Å². The molecule has 22 heavy (non-hydrogen) atoms. The van der Waals surface area contributed by atoms with Crippen LogP contribution in [0.3, 0.4) is 0 Å². The summed E-state index contributed by atoms with van der Waals surface area (Å²) in [6, 6.07) is 0. The smallest absolute Gasteiger partial charge is 0.157 e. The Hall–Kier alpha value is -1.98. The first kappa shape index (κ1) is 16.4. The second kappa shape index (κ2) is 9.12. The molecule has 0 aliphatic carbocycles. The van der Waals surface area contributed by atoms with Gasteiger partial charge in [-0.15, -0.1) is 0 Å². The molecule has 2 rings (SSSR count). The minimum atomic E-state index is 0.774. The second-order valence-electron chi connectivity index (χ2n) is 5.52. The van der Waals surface area contributed by atoms with Gasteiger partial charge in [-0.05, 0) is 12.8 Å². The number of nitrogens with zero attached hydrogens (tertiary/aromatic N) is 4. The van der Waals surface area contributed by atoms with E-state index >= 15 is 0 Å². The summed E-state index contributed by atoms with van der Waals surface area (Å²) < 4.78 is 14.7. The fourth-order valence-electron chi connectivity index (χ4n) is 2.24. The van der Waals surface area contributed by atoms with E-state index < -0.39 is 0 Å². The molecule has 122 valence electrons. The molecule has 6 heteroatoms. The van der Waals surface area contributed by atoms with Crippen molar-refractivity contribution in [2.75, 3.05) is 13.2 Å². The van der Waals surface area contributed by atoms with E-state index in [0.29, 0.717) is 0 Å². The van der Waals surface area contributed by atoms with Gasteiger partial charge < -0.3 is 9.47 Å². The molecule has 0 aliphatic rings. The van der Waals surface area contributed by atoms with Crippen LogP contribution in [0.25, 0.3) is 0 Å². The topological polar surface area (TPSA) is 54.1 Å². The van der Waals surface area contributed by atoms with Crippen LogP contribution in [0.1, 0.15) is 38.5 Å². The Morgan fingerprint density at radius 2 is 1.14 bits per heavy atom. The van der Waals surface area contributed by atoms with Gasteiger partial charge in [-0.1, -0.05) is 25.7 Å². The molecular formula is C16H26N4O2. The van der Waals surface area contributed by atoms with Crippen molar-refractivity contribution in [3.05, 3.63) is 24.8 Å². The third-order valence-electron chi connectivity index (χ3n) is 3.44. The van der Waals surface area contributed by atoms with E-state index in [2.05, 4.69) is 10.2 Å². The zero-order valence-electron chi connectivity index (χ0n) is 13.6. The highest BCUT2D eigenvalue weighted by Crippen LogP contribution is 2.11. The first-order valence-electron chi connectivity index (χ1n) is 7.97. The summed E-state index contributed by atoms with van der Waals surface area (Å²) in [4.78, 5) is 0. The molecule has 0 fully saturated rings. The Balaban J connectivity index is 1.37. The van der Waals surface area contributed by atoms with Gasteiger partial charge in [0.15, 0.2) is 11.5 Å². The standard InChI is InChI=1S/C16H26N4O2/c1-19-13-15(11-17-19)21-9-7-5-3-4-6-8-10-22-16-12-18-20(2)14-16/h11-14H,3-10H2,1-2H3. The largest absolute Gasteiger partial charge is 0.490 e. The first-order chi connectivity index (χ1) is 10.7. The molecule has 6 nitrogen and oxygen atoms in total. The molecule has 0 amide bonds. The van der Waals surface area contributed by atoms with E-state index in [0.717, 1.165) is 37.6 Å². The predicted octanol–water partition coefficient (Wildman–Crippen LogP) is 2.95. The average molecular weight is 306 g/mol. The SMILES string of the molecule is Cn1cc(OCCCCCCCCOc2cnn(C)c2)cn1. The first-order valence-corrected chi connectivity index (χ1v) is 7.97. The molecule has 0 atom stereocenters. The van der Waals surface area contributed by atoms with Crippen LogP contribution >= 0.6 is 0 Å². The summed E-state index contributed by atoms with van der Waals surface area (Å²) in [7, 11) is 3.79. The van der Waals surface area contributed by atoms with Gasteiger partial charge in [-0.3, -0.25) is 9.36 Å². The fourth-order valence-corrected chi connectivity index (χ4v) is 2.24. The molecule has 0 radical (unpaired) electrons. The van der Waals surface area contributed by atoms with Gasteiger partial charge in [0, 0.05) is 14.1 Å². The number of hydrogen-bond acceptors (Lipinski definition) is 4. The molecule has 2 aromatic rings. The van der Waals surface area contributed by atoms with Gasteiger partial charge in [0.25, 0.3) is 0 Å². The molecule has 0 aromatic carbocycles. The summed E-state index contributed by atoms with van der Waals surface area (Å²) >= 11 is 0. The summed E-state index contributed by atoms with van der Waals surface area (Å²) in [5.74, 6) is 1.71. The molecule has 0 spiro atoms. The highest BCUT2D eigenvalue weighted by Gasteiger charge is 1.98. The molecule has 0 N–H and O–H groups in total.